The molecule has 7 heteroatoms. The summed E-state index contributed by atoms with van der Waals surface area (Å²) >= 11 is 1.82. The summed E-state index contributed by atoms with van der Waals surface area (Å²) in [4.78, 5) is 15.1. The molecular weight excluding hydrogens is 404 g/mol. The fourth-order valence-electron chi connectivity index (χ4n) is 4.22. The zero-order valence-electron chi connectivity index (χ0n) is 16.4. The maximum absolute atomic E-state index is 13.0. The minimum absolute atomic E-state index is 0.179. The van der Waals surface area contributed by atoms with Gasteiger partial charge in [0.2, 0.25) is 15.9 Å². The average molecular weight is 431 g/mol. The highest BCUT2D eigenvalue weighted by atomic mass is 32.2. The number of hydrogen-bond acceptors (Lipinski definition) is 4. The van der Waals surface area contributed by atoms with Gasteiger partial charge >= 0.3 is 0 Å². The highest BCUT2D eigenvalue weighted by Crippen LogP contribution is 2.45. The summed E-state index contributed by atoms with van der Waals surface area (Å²) in [5.74, 6) is 1.10. The van der Waals surface area contributed by atoms with Gasteiger partial charge in [0.1, 0.15) is 0 Å². The summed E-state index contributed by atoms with van der Waals surface area (Å²) in [6, 6.07) is 18.7. The Hall–Kier alpha value is -1.83. The van der Waals surface area contributed by atoms with Gasteiger partial charge in [-0.25, -0.2) is 8.42 Å². The van der Waals surface area contributed by atoms with Gasteiger partial charge in [0.15, 0.2) is 0 Å². The number of rotatable bonds is 5. The van der Waals surface area contributed by atoms with Crippen LogP contribution in [0.15, 0.2) is 65.6 Å². The second kappa shape index (κ2) is 8.50. The Kier molecular flexibility index (Phi) is 5.99. The third kappa shape index (κ3) is 4.22. The lowest BCUT2D eigenvalue weighted by Crippen LogP contribution is -2.53. The van der Waals surface area contributed by atoms with Crippen molar-refractivity contribution in [2.45, 2.75) is 35.4 Å². The molecule has 2 aliphatic heterocycles. The lowest BCUT2D eigenvalue weighted by Gasteiger charge is -2.43. The number of sulfonamides is 1. The number of aryl methyl sites for hydroxylation is 1. The molecule has 0 N–H and O–H groups in total. The van der Waals surface area contributed by atoms with Crippen LogP contribution in [0.2, 0.25) is 0 Å². The van der Waals surface area contributed by atoms with E-state index < -0.39 is 10.0 Å². The fourth-order valence-corrected chi connectivity index (χ4v) is 7.16. The molecular formula is C22H26N2O3S2. The highest BCUT2D eigenvalue weighted by Gasteiger charge is 2.47. The zero-order valence-corrected chi connectivity index (χ0v) is 18.0. The fraction of sp³-hybridized carbons (Fsp3) is 0.409. The minimum Gasteiger partial charge on any atom is -0.327 e. The molecule has 2 fully saturated rings. The second-order valence-electron chi connectivity index (χ2n) is 7.54. The molecule has 0 radical (unpaired) electrons. The molecule has 0 saturated carbocycles. The van der Waals surface area contributed by atoms with Crippen LogP contribution in [0.25, 0.3) is 0 Å². The summed E-state index contributed by atoms with van der Waals surface area (Å²) < 4.78 is 27.4. The number of benzene rings is 2. The Balaban J connectivity index is 1.41. The number of carbonyl (C=O) groups excluding carboxylic acids is 1. The first kappa shape index (κ1) is 20.4. The molecule has 1 amide bonds. The van der Waals surface area contributed by atoms with E-state index in [0.717, 1.165) is 18.7 Å². The summed E-state index contributed by atoms with van der Waals surface area (Å²) in [6.45, 7) is 1.66. The van der Waals surface area contributed by atoms with Gasteiger partial charge < -0.3 is 4.90 Å². The largest absolute Gasteiger partial charge is 0.327 e. The molecule has 4 rings (SSSR count). The molecule has 2 aromatic rings. The van der Waals surface area contributed by atoms with Crippen molar-refractivity contribution in [2.24, 2.45) is 0 Å². The second-order valence-corrected chi connectivity index (χ2v) is 10.9. The summed E-state index contributed by atoms with van der Waals surface area (Å²) in [5.41, 5.74) is 1.17. The van der Waals surface area contributed by atoms with E-state index in [0.29, 0.717) is 37.2 Å². The van der Waals surface area contributed by atoms with E-state index in [-0.39, 0.29) is 10.8 Å². The molecule has 1 spiro atoms. The number of carbonyl (C=O) groups is 1. The van der Waals surface area contributed by atoms with Gasteiger partial charge in [-0.15, -0.1) is 11.8 Å². The molecule has 0 aromatic heterocycles. The van der Waals surface area contributed by atoms with Crippen molar-refractivity contribution < 1.29 is 13.2 Å². The molecule has 0 unspecified atom stereocenters. The standard InChI is InChI=1S/C22H26N2O3S2/c25-21(12-11-19-7-3-1-4-8-19)24-17-18-28-22(24)13-15-23(16-14-22)29(26,27)20-9-5-2-6-10-20/h1-10H,11-18H2. The van der Waals surface area contributed by atoms with E-state index >= 15 is 0 Å². The van der Waals surface area contributed by atoms with Gasteiger partial charge in [0.25, 0.3) is 0 Å². The van der Waals surface area contributed by atoms with Crippen molar-refractivity contribution in [3.63, 3.8) is 0 Å². The predicted molar refractivity (Wildman–Crippen MR) is 116 cm³/mol. The summed E-state index contributed by atoms with van der Waals surface area (Å²) in [5, 5.41) is 0. The Morgan fingerprint density at radius 3 is 2.21 bits per heavy atom. The minimum atomic E-state index is -3.47. The SMILES string of the molecule is O=C(CCc1ccccc1)N1CCSC12CCN(S(=O)(=O)c1ccccc1)CC2. The van der Waals surface area contributed by atoms with Crippen molar-refractivity contribution in [1.82, 2.24) is 9.21 Å². The van der Waals surface area contributed by atoms with Crippen LogP contribution in [0.5, 0.6) is 0 Å². The molecule has 5 nitrogen and oxygen atoms in total. The van der Waals surface area contributed by atoms with E-state index in [4.69, 9.17) is 0 Å². The number of thioether (sulfide) groups is 1. The molecule has 0 bridgehead atoms. The number of piperidine rings is 1. The molecule has 29 heavy (non-hydrogen) atoms. The van der Waals surface area contributed by atoms with Gasteiger partial charge in [0.05, 0.1) is 9.77 Å². The lowest BCUT2D eigenvalue weighted by atomic mass is 10.0. The monoisotopic (exact) mass is 430 g/mol. The lowest BCUT2D eigenvalue weighted by molar-refractivity contribution is -0.134. The number of amides is 1. The van der Waals surface area contributed by atoms with Crippen molar-refractivity contribution in [3.8, 4) is 0 Å². The van der Waals surface area contributed by atoms with E-state index in [1.165, 1.54) is 5.56 Å². The van der Waals surface area contributed by atoms with Gasteiger partial charge in [-0.1, -0.05) is 48.5 Å². The van der Waals surface area contributed by atoms with Gasteiger partial charge in [-0.2, -0.15) is 4.31 Å². The first-order valence-electron chi connectivity index (χ1n) is 10.0. The third-order valence-corrected chi connectivity index (χ3v) is 9.30. The van der Waals surface area contributed by atoms with Crippen LogP contribution >= 0.6 is 11.8 Å². The van der Waals surface area contributed by atoms with Crippen molar-refractivity contribution in [1.29, 1.82) is 0 Å². The molecule has 2 aliphatic rings. The van der Waals surface area contributed by atoms with Crippen LogP contribution in [0.4, 0.5) is 0 Å². The first-order chi connectivity index (χ1) is 14.0. The van der Waals surface area contributed by atoms with E-state index in [1.54, 1.807) is 28.6 Å². The van der Waals surface area contributed by atoms with Gasteiger partial charge in [0, 0.05) is 31.8 Å². The smallest absolute Gasteiger partial charge is 0.243 e. The van der Waals surface area contributed by atoms with Gasteiger partial charge in [-0.05, 0) is 37.0 Å². The summed E-state index contributed by atoms with van der Waals surface area (Å²) in [6.07, 6.45) is 2.60. The molecule has 154 valence electrons. The third-order valence-electron chi connectivity index (χ3n) is 5.83. The molecule has 2 heterocycles. The molecule has 2 saturated heterocycles. The Labute approximate surface area is 177 Å². The van der Waals surface area contributed by atoms with Crippen molar-refractivity contribution >= 4 is 27.7 Å². The number of hydrogen-bond donors (Lipinski definition) is 0. The Bertz CT molecular complexity index is 941. The van der Waals surface area contributed by atoms with Crippen molar-refractivity contribution in [3.05, 3.63) is 66.2 Å². The maximum atomic E-state index is 13.0. The Morgan fingerprint density at radius 1 is 0.931 bits per heavy atom. The van der Waals surface area contributed by atoms with Crippen LogP contribution in [0.1, 0.15) is 24.8 Å². The van der Waals surface area contributed by atoms with E-state index in [1.807, 2.05) is 40.9 Å². The zero-order chi connectivity index (χ0) is 20.3. The van der Waals surface area contributed by atoms with Crippen LogP contribution in [0.3, 0.4) is 0 Å². The molecule has 0 aliphatic carbocycles. The van der Waals surface area contributed by atoms with E-state index in [9.17, 15) is 13.2 Å². The first-order valence-corrected chi connectivity index (χ1v) is 12.5. The summed E-state index contributed by atoms with van der Waals surface area (Å²) in [7, 11) is -3.47. The maximum Gasteiger partial charge on any atom is 0.243 e. The molecule has 2 aromatic carbocycles. The van der Waals surface area contributed by atoms with Crippen LogP contribution in [-0.4, -0.2) is 53.8 Å². The van der Waals surface area contributed by atoms with Crippen molar-refractivity contribution in [2.75, 3.05) is 25.4 Å². The molecule has 0 atom stereocenters. The van der Waals surface area contributed by atoms with Gasteiger partial charge in [-0.3, -0.25) is 4.79 Å². The Morgan fingerprint density at radius 2 is 1.55 bits per heavy atom. The van der Waals surface area contributed by atoms with Crippen LogP contribution in [-0.2, 0) is 21.2 Å². The van der Waals surface area contributed by atoms with Crippen LogP contribution < -0.4 is 0 Å². The highest BCUT2D eigenvalue weighted by molar-refractivity contribution is 8.00. The normalized spacial score (nSPS) is 19.5. The average Bonchev–Trinajstić information content (AvgIpc) is 3.16. The van der Waals surface area contributed by atoms with Crippen LogP contribution in [0, 0.1) is 0 Å². The predicted octanol–water partition coefficient (Wildman–Crippen LogP) is 3.38. The quantitative estimate of drug-likeness (QED) is 0.730. The topological polar surface area (TPSA) is 57.7 Å². The van der Waals surface area contributed by atoms with E-state index in [2.05, 4.69) is 12.1 Å². The number of nitrogens with zero attached hydrogens (tertiary/aromatic N) is 2.